The van der Waals surface area contributed by atoms with Crippen molar-refractivity contribution in [2.24, 2.45) is 5.73 Å². The number of aliphatic carboxylic acids is 1. The molecule has 0 spiro atoms. The predicted octanol–water partition coefficient (Wildman–Crippen LogP) is -1.47. The zero-order valence-corrected chi connectivity index (χ0v) is 12.4. The maximum Gasteiger partial charge on any atom is 0.326 e. The number of carbonyl (C=O) groups excluding carboxylic acids is 2. The molecule has 1 aliphatic rings. The molecule has 1 saturated heterocycles. The number of carboxylic acids is 1. The molecule has 1 fully saturated rings. The van der Waals surface area contributed by atoms with Crippen LogP contribution in [0, 0.1) is 0 Å². The largest absolute Gasteiger partial charge is 0.480 e. The number of rotatable bonds is 6. The number of sulfone groups is 1. The zero-order valence-electron chi connectivity index (χ0n) is 11.6. The van der Waals surface area contributed by atoms with Crippen molar-refractivity contribution >= 4 is 27.7 Å². The Labute approximate surface area is 122 Å². The summed E-state index contributed by atoms with van der Waals surface area (Å²) in [5, 5.41) is 11.2. The molecule has 9 nitrogen and oxygen atoms in total. The number of hydrogen-bond donors (Lipinski definition) is 3. The van der Waals surface area contributed by atoms with Gasteiger partial charge in [-0.1, -0.05) is 0 Å². The maximum absolute atomic E-state index is 12.0. The van der Waals surface area contributed by atoms with Gasteiger partial charge in [-0.05, 0) is 19.3 Å². The number of nitrogens with one attached hydrogen (secondary N) is 1. The molecule has 2 unspecified atom stereocenters. The van der Waals surface area contributed by atoms with Crippen LogP contribution < -0.4 is 11.1 Å². The Hall–Kier alpha value is -1.84. The van der Waals surface area contributed by atoms with Crippen molar-refractivity contribution in [3.63, 3.8) is 0 Å². The number of likely N-dealkylation sites (tertiary alicyclic amines) is 1. The van der Waals surface area contributed by atoms with Gasteiger partial charge in [-0.3, -0.25) is 4.79 Å². The number of carboxylic acid groups (broad SMARTS) is 1. The van der Waals surface area contributed by atoms with E-state index in [-0.39, 0.29) is 12.2 Å². The third-order valence-electron chi connectivity index (χ3n) is 3.22. The molecule has 4 N–H and O–H groups in total. The third kappa shape index (κ3) is 5.21. The SMILES string of the molecule is CS(=O)(=O)CCC(NC(=O)N1CCCC1C(N)=O)C(=O)O. The summed E-state index contributed by atoms with van der Waals surface area (Å²) in [6.45, 7) is 0.303. The highest BCUT2D eigenvalue weighted by Gasteiger charge is 2.34. The molecule has 0 aromatic carbocycles. The van der Waals surface area contributed by atoms with Crippen LogP contribution in [0.2, 0.25) is 0 Å². The fourth-order valence-corrected chi connectivity index (χ4v) is 2.79. The van der Waals surface area contributed by atoms with Crippen molar-refractivity contribution in [3.05, 3.63) is 0 Å². The van der Waals surface area contributed by atoms with Crippen molar-refractivity contribution in [2.75, 3.05) is 18.6 Å². The predicted molar refractivity (Wildman–Crippen MR) is 73.2 cm³/mol. The minimum atomic E-state index is -3.33. The summed E-state index contributed by atoms with van der Waals surface area (Å²) >= 11 is 0. The lowest BCUT2D eigenvalue weighted by atomic mass is 10.2. The number of amides is 3. The van der Waals surface area contributed by atoms with E-state index in [2.05, 4.69) is 5.32 Å². The zero-order chi connectivity index (χ0) is 16.2. The average Bonchev–Trinajstić information content (AvgIpc) is 2.81. The highest BCUT2D eigenvalue weighted by atomic mass is 32.2. The van der Waals surface area contributed by atoms with E-state index in [4.69, 9.17) is 10.8 Å². The van der Waals surface area contributed by atoms with Gasteiger partial charge in [0.05, 0.1) is 5.75 Å². The molecule has 0 aromatic rings. The molecular formula is C11H19N3O6S. The summed E-state index contributed by atoms with van der Waals surface area (Å²) in [5.41, 5.74) is 5.18. The summed E-state index contributed by atoms with van der Waals surface area (Å²) in [6.07, 6.45) is 1.78. The molecule has 0 radical (unpaired) electrons. The van der Waals surface area contributed by atoms with Crippen molar-refractivity contribution in [3.8, 4) is 0 Å². The molecule has 21 heavy (non-hydrogen) atoms. The summed E-state index contributed by atoms with van der Waals surface area (Å²) in [5.74, 6) is -2.34. The quantitative estimate of drug-likeness (QED) is 0.544. The van der Waals surface area contributed by atoms with Gasteiger partial charge >= 0.3 is 12.0 Å². The Morgan fingerprint density at radius 3 is 2.52 bits per heavy atom. The van der Waals surface area contributed by atoms with E-state index in [0.29, 0.717) is 19.4 Å². The number of hydrogen-bond acceptors (Lipinski definition) is 5. The lowest BCUT2D eigenvalue weighted by Crippen LogP contribution is -2.52. The van der Waals surface area contributed by atoms with Crippen LogP contribution in [0.5, 0.6) is 0 Å². The van der Waals surface area contributed by atoms with Gasteiger partial charge < -0.3 is 21.1 Å². The molecule has 1 aliphatic heterocycles. The highest BCUT2D eigenvalue weighted by Crippen LogP contribution is 2.17. The molecule has 2 atom stereocenters. The third-order valence-corrected chi connectivity index (χ3v) is 4.19. The number of urea groups is 1. The molecule has 1 heterocycles. The smallest absolute Gasteiger partial charge is 0.326 e. The summed E-state index contributed by atoms with van der Waals surface area (Å²) in [7, 11) is -3.33. The first-order chi connectivity index (χ1) is 9.61. The molecule has 0 saturated carbocycles. The van der Waals surface area contributed by atoms with Gasteiger partial charge in [-0.15, -0.1) is 0 Å². The van der Waals surface area contributed by atoms with Crippen LogP contribution in [0.25, 0.3) is 0 Å². The molecule has 10 heteroatoms. The first-order valence-corrected chi connectivity index (χ1v) is 8.45. The fourth-order valence-electron chi connectivity index (χ4n) is 2.13. The second-order valence-electron chi connectivity index (χ2n) is 5.01. The molecule has 120 valence electrons. The van der Waals surface area contributed by atoms with Crippen LogP contribution in [0.3, 0.4) is 0 Å². The van der Waals surface area contributed by atoms with Gasteiger partial charge in [0.15, 0.2) is 0 Å². The van der Waals surface area contributed by atoms with E-state index < -0.39 is 39.8 Å². The Bertz CT molecular complexity index is 532. The number of carbonyl (C=O) groups is 3. The fraction of sp³-hybridized carbons (Fsp3) is 0.727. The van der Waals surface area contributed by atoms with Crippen LogP contribution >= 0.6 is 0 Å². The Balaban J connectivity index is 2.68. The minimum absolute atomic E-state index is 0.241. The van der Waals surface area contributed by atoms with E-state index in [1.807, 2.05) is 0 Å². The monoisotopic (exact) mass is 321 g/mol. The maximum atomic E-state index is 12.0. The van der Waals surface area contributed by atoms with E-state index >= 15 is 0 Å². The molecule has 0 bridgehead atoms. The molecular weight excluding hydrogens is 302 g/mol. The molecule has 0 aromatic heterocycles. The lowest BCUT2D eigenvalue weighted by molar-refractivity contribution is -0.139. The lowest BCUT2D eigenvalue weighted by Gasteiger charge is -2.24. The van der Waals surface area contributed by atoms with Gasteiger partial charge in [0.2, 0.25) is 5.91 Å². The molecule has 0 aliphatic carbocycles. The van der Waals surface area contributed by atoms with E-state index in [1.165, 1.54) is 4.90 Å². The van der Waals surface area contributed by atoms with Crippen molar-refractivity contribution < 1.29 is 27.9 Å². The van der Waals surface area contributed by atoms with Crippen molar-refractivity contribution in [1.29, 1.82) is 0 Å². The van der Waals surface area contributed by atoms with Crippen LogP contribution in [0.1, 0.15) is 19.3 Å². The summed E-state index contributed by atoms with van der Waals surface area (Å²) in [4.78, 5) is 35.4. The number of nitrogens with zero attached hydrogens (tertiary/aromatic N) is 1. The van der Waals surface area contributed by atoms with Gasteiger partial charge in [0, 0.05) is 12.8 Å². The topological polar surface area (TPSA) is 147 Å². The molecule has 3 amide bonds. The summed E-state index contributed by atoms with van der Waals surface area (Å²) in [6, 6.07) is -2.81. The van der Waals surface area contributed by atoms with Crippen molar-refractivity contribution in [1.82, 2.24) is 10.2 Å². The second kappa shape index (κ2) is 6.74. The highest BCUT2D eigenvalue weighted by molar-refractivity contribution is 7.90. The van der Waals surface area contributed by atoms with Crippen LogP contribution in [0.4, 0.5) is 4.79 Å². The number of primary amides is 1. The van der Waals surface area contributed by atoms with Gasteiger partial charge in [0.25, 0.3) is 0 Å². The summed E-state index contributed by atoms with van der Waals surface area (Å²) < 4.78 is 22.1. The van der Waals surface area contributed by atoms with E-state index in [9.17, 15) is 22.8 Å². The first-order valence-electron chi connectivity index (χ1n) is 6.39. The van der Waals surface area contributed by atoms with Gasteiger partial charge in [-0.25, -0.2) is 18.0 Å². The Morgan fingerprint density at radius 1 is 1.43 bits per heavy atom. The van der Waals surface area contributed by atoms with Crippen LogP contribution in [-0.4, -0.2) is 67.0 Å². The Kier molecular flexibility index (Phi) is 5.53. The van der Waals surface area contributed by atoms with E-state index in [1.54, 1.807) is 0 Å². The second-order valence-corrected chi connectivity index (χ2v) is 7.27. The normalized spacial score (nSPS) is 20.0. The van der Waals surface area contributed by atoms with Crippen molar-refractivity contribution in [2.45, 2.75) is 31.3 Å². The number of nitrogens with two attached hydrogens (primary N) is 1. The van der Waals surface area contributed by atoms with Crippen LogP contribution in [0.15, 0.2) is 0 Å². The first kappa shape index (κ1) is 17.2. The van der Waals surface area contributed by atoms with E-state index in [0.717, 1.165) is 6.26 Å². The Morgan fingerprint density at radius 2 is 2.05 bits per heavy atom. The average molecular weight is 321 g/mol. The minimum Gasteiger partial charge on any atom is -0.480 e. The standard InChI is InChI=1S/C11H19N3O6S/c1-21(19,20)6-4-7(10(16)17)13-11(18)14-5-2-3-8(14)9(12)15/h7-8H,2-6H2,1H3,(H2,12,15)(H,13,18)(H,16,17). The van der Waals surface area contributed by atoms with Crippen LogP contribution in [-0.2, 0) is 19.4 Å². The van der Waals surface area contributed by atoms with Gasteiger partial charge in [0.1, 0.15) is 21.9 Å². The molecule has 1 rings (SSSR count). The van der Waals surface area contributed by atoms with Gasteiger partial charge in [-0.2, -0.15) is 0 Å².